The molecule has 4 heterocycles. The van der Waals surface area contributed by atoms with Gasteiger partial charge in [0.05, 0.1) is 16.7 Å². The summed E-state index contributed by atoms with van der Waals surface area (Å²) in [5, 5.41) is 4.46. The predicted molar refractivity (Wildman–Crippen MR) is 277 cm³/mol. The summed E-state index contributed by atoms with van der Waals surface area (Å²) >= 11 is 0. The van der Waals surface area contributed by atoms with Crippen LogP contribution in [0, 0.1) is 0 Å². The zero-order chi connectivity index (χ0) is 45.0. The molecule has 0 bridgehead atoms. The van der Waals surface area contributed by atoms with Gasteiger partial charge in [-0.05, 0) is 88.5 Å². The van der Waals surface area contributed by atoms with Gasteiger partial charge in [-0.2, -0.15) is 0 Å². The molecule has 0 atom stereocenters. The molecule has 0 unspecified atom stereocenters. The van der Waals surface area contributed by atoms with Crippen molar-refractivity contribution in [3.8, 4) is 84.5 Å². The van der Waals surface area contributed by atoms with E-state index in [1.807, 2.05) is 66.9 Å². The average Bonchev–Trinajstić information content (AvgIpc) is 3.95. The summed E-state index contributed by atoms with van der Waals surface area (Å²) in [6.07, 6.45) is 1.97. The molecule has 0 saturated heterocycles. The number of pyridine rings is 1. The van der Waals surface area contributed by atoms with Gasteiger partial charge in [-0.1, -0.05) is 164 Å². The lowest BCUT2D eigenvalue weighted by Crippen LogP contribution is -2.02. The summed E-state index contributed by atoms with van der Waals surface area (Å²) in [4.78, 5) is 20.9. The summed E-state index contributed by atoms with van der Waals surface area (Å²) in [5.41, 5.74) is 15.6. The molecule has 0 radical (unpaired) electrons. The Morgan fingerprint density at radius 3 is 1.44 bits per heavy atom. The van der Waals surface area contributed by atoms with Crippen molar-refractivity contribution in [3.05, 3.63) is 237 Å². The molecular formula is C62H39N5O. The fourth-order valence-electron chi connectivity index (χ4n) is 9.58. The lowest BCUT2D eigenvalue weighted by Gasteiger charge is -2.15. The van der Waals surface area contributed by atoms with E-state index >= 15 is 0 Å². The van der Waals surface area contributed by atoms with Gasteiger partial charge in [0, 0.05) is 67.3 Å². The third-order valence-corrected chi connectivity index (χ3v) is 12.9. The SMILES string of the molecule is c1ccc(-c2cc(-c3ccccc3)cc(-c3cnc(-c4ccc5c(c4)oc4cc6c(cc45)c4ccccc4n6-c4ccccc4)c(-c4nc(-c5ccccc5)nc(-c5ccccc5)n4)c3)c2)cc1. The maximum absolute atomic E-state index is 6.83. The highest BCUT2D eigenvalue weighted by Crippen LogP contribution is 2.42. The fraction of sp³-hybridized carbons (Fsp3) is 0. The molecule has 68 heavy (non-hydrogen) atoms. The highest BCUT2D eigenvalue weighted by molar-refractivity contribution is 6.17. The van der Waals surface area contributed by atoms with Crippen molar-refractivity contribution < 1.29 is 4.42 Å². The van der Waals surface area contributed by atoms with Gasteiger partial charge in [0.25, 0.3) is 0 Å². The van der Waals surface area contributed by atoms with Gasteiger partial charge in [0.1, 0.15) is 11.2 Å². The van der Waals surface area contributed by atoms with Crippen LogP contribution in [0.5, 0.6) is 0 Å². The molecule has 9 aromatic carbocycles. The van der Waals surface area contributed by atoms with Crippen LogP contribution in [0.25, 0.3) is 128 Å². The Morgan fingerprint density at radius 1 is 0.309 bits per heavy atom. The number of aromatic nitrogens is 5. The maximum Gasteiger partial charge on any atom is 0.166 e. The van der Waals surface area contributed by atoms with Crippen LogP contribution in [0.1, 0.15) is 0 Å². The van der Waals surface area contributed by atoms with Gasteiger partial charge >= 0.3 is 0 Å². The topological polar surface area (TPSA) is 69.6 Å². The third kappa shape index (κ3) is 6.91. The maximum atomic E-state index is 6.83. The summed E-state index contributed by atoms with van der Waals surface area (Å²) in [6.45, 7) is 0. The minimum Gasteiger partial charge on any atom is -0.456 e. The lowest BCUT2D eigenvalue weighted by atomic mass is 9.92. The van der Waals surface area contributed by atoms with Gasteiger partial charge in [0.2, 0.25) is 0 Å². The van der Waals surface area contributed by atoms with E-state index in [-0.39, 0.29) is 0 Å². The standard InChI is InChI=1S/C62H39N5O/c1-6-18-40(19-7-1)45-32-46(41-20-8-2-9-21-41)34-47(33-45)48-35-54(62-65-60(42-22-10-3-11-23-42)64-61(66-62)43-24-12-4-13-25-43)59(63-39-48)44-30-31-51-53-37-52-50-28-16-17-29-55(50)67(49-26-14-5-15-27-49)56(52)38-58(53)68-57(51)36-44/h1-39H. The van der Waals surface area contributed by atoms with Gasteiger partial charge < -0.3 is 8.98 Å². The summed E-state index contributed by atoms with van der Waals surface area (Å²) in [7, 11) is 0. The van der Waals surface area contributed by atoms with E-state index in [0.717, 1.165) is 100.0 Å². The van der Waals surface area contributed by atoms with Crippen molar-refractivity contribution in [2.24, 2.45) is 0 Å². The quantitative estimate of drug-likeness (QED) is 0.152. The number of fused-ring (bicyclic) bond motifs is 6. The highest BCUT2D eigenvalue weighted by atomic mass is 16.3. The van der Waals surface area contributed by atoms with Gasteiger partial charge in [-0.3, -0.25) is 4.98 Å². The molecule has 0 aliphatic carbocycles. The molecule has 0 aliphatic heterocycles. The van der Waals surface area contributed by atoms with Crippen LogP contribution in [0.4, 0.5) is 0 Å². The first-order valence-corrected chi connectivity index (χ1v) is 22.8. The number of nitrogens with zero attached hydrogens (tertiary/aromatic N) is 5. The number of rotatable bonds is 8. The molecule has 0 fully saturated rings. The van der Waals surface area contributed by atoms with E-state index < -0.39 is 0 Å². The van der Waals surface area contributed by atoms with Crippen LogP contribution in [0.15, 0.2) is 241 Å². The smallest absolute Gasteiger partial charge is 0.166 e. The monoisotopic (exact) mass is 869 g/mol. The Bertz CT molecular complexity index is 3880. The van der Waals surface area contributed by atoms with Crippen LogP contribution in [0.3, 0.4) is 0 Å². The molecular weight excluding hydrogens is 831 g/mol. The van der Waals surface area contributed by atoms with E-state index in [9.17, 15) is 0 Å². The van der Waals surface area contributed by atoms with Crippen molar-refractivity contribution in [1.82, 2.24) is 24.5 Å². The van der Waals surface area contributed by atoms with Gasteiger partial charge in [-0.15, -0.1) is 0 Å². The summed E-state index contributed by atoms with van der Waals surface area (Å²) in [6, 6.07) is 80.1. The molecule has 4 aromatic heterocycles. The zero-order valence-corrected chi connectivity index (χ0v) is 36.7. The van der Waals surface area contributed by atoms with Crippen LogP contribution in [0.2, 0.25) is 0 Å². The van der Waals surface area contributed by atoms with Crippen LogP contribution in [-0.4, -0.2) is 24.5 Å². The fourth-order valence-corrected chi connectivity index (χ4v) is 9.58. The lowest BCUT2D eigenvalue weighted by molar-refractivity contribution is 0.669. The second-order valence-corrected chi connectivity index (χ2v) is 17.1. The minimum absolute atomic E-state index is 0.519. The van der Waals surface area contributed by atoms with E-state index in [0.29, 0.717) is 17.5 Å². The first kappa shape index (κ1) is 39.1. The average molecular weight is 870 g/mol. The number of benzene rings is 9. The molecule has 0 saturated carbocycles. The Labute approximate surface area is 392 Å². The number of furan rings is 1. The van der Waals surface area contributed by atoms with E-state index in [2.05, 4.69) is 174 Å². The molecule has 0 spiro atoms. The van der Waals surface area contributed by atoms with Crippen LogP contribution >= 0.6 is 0 Å². The molecule has 6 heteroatoms. The Kier molecular flexibility index (Phi) is 9.39. The zero-order valence-electron chi connectivity index (χ0n) is 36.7. The minimum atomic E-state index is 0.519. The van der Waals surface area contributed by atoms with Crippen LogP contribution in [-0.2, 0) is 0 Å². The second kappa shape index (κ2) is 16.3. The molecule has 6 nitrogen and oxygen atoms in total. The molecule has 13 rings (SSSR count). The van der Waals surface area contributed by atoms with Crippen molar-refractivity contribution in [2.45, 2.75) is 0 Å². The third-order valence-electron chi connectivity index (χ3n) is 12.9. The van der Waals surface area contributed by atoms with Gasteiger partial charge in [0.15, 0.2) is 17.5 Å². The Balaban J connectivity index is 1.03. The number of para-hydroxylation sites is 2. The summed E-state index contributed by atoms with van der Waals surface area (Å²) in [5.74, 6) is 1.68. The Morgan fingerprint density at radius 2 is 0.824 bits per heavy atom. The van der Waals surface area contributed by atoms with Gasteiger partial charge in [-0.25, -0.2) is 15.0 Å². The van der Waals surface area contributed by atoms with Crippen LogP contribution < -0.4 is 0 Å². The molecule has 13 aromatic rings. The van der Waals surface area contributed by atoms with E-state index in [1.54, 1.807) is 0 Å². The highest BCUT2D eigenvalue weighted by Gasteiger charge is 2.21. The molecule has 0 aliphatic rings. The van der Waals surface area contributed by atoms with Crippen molar-refractivity contribution in [1.29, 1.82) is 0 Å². The first-order valence-electron chi connectivity index (χ1n) is 22.8. The number of hydrogen-bond donors (Lipinski definition) is 0. The molecule has 0 amide bonds. The van der Waals surface area contributed by atoms with Crippen molar-refractivity contribution >= 4 is 43.7 Å². The van der Waals surface area contributed by atoms with Crippen molar-refractivity contribution in [3.63, 3.8) is 0 Å². The predicted octanol–water partition coefficient (Wildman–Crippen LogP) is 15.9. The molecule has 318 valence electrons. The van der Waals surface area contributed by atoms with Crippen molar-refractivity contribution in [2.75, 3.05) is 0 Å². The van der Waals surface area contributed by atoms with E-state index in [1.165, 1.54) is 10.8 Å². The first-order chi connectivity index (χ1) is 33.7. The normalized spacial score (nSPS) is 11.5. The molecule has 0 N–H and O–H groups in total. The second-order valence-electron chi connectivity index (χ2n) is 17.1. The number of hydrogen-bond acceptors (Lipinski definition) is 5. The van der Waals surface area contributed by atoms with E-state index in [4.69, 9.17) is 24.4 Å². The largest absolute Gasteiger partial charge is 0.456 e. The summed E-state index contributed by atoms with van der Waals surface area (Å²) < 4.78 is 9.15. The Hall–Kier alpha value is -9.26.